The maximum absolute atomic E-state index is 12.4. The van der Waals surface area contributed by atoms with Crippen molar-refractivity contribution in [1.29, 1.82) is 0 Å². The van der Waals surface area contributed by atoms with E-state index in [0.29, 0.717) is 17.1 Å². The maximum Gasteiger partial charge on any atom is 0.455 e. The number of benzene rings is 4. The van der Waals surface area contributed by atoms with Crippen molar-refractivity contribution in [3.63, 3.8) is 0 Å². The second kappa shape index (κ2) is 12.9. The van der Waals surface area contributed by atoms with Crippen LogP contribution in [0.15, 0.2) is 140 Å². The summed E-state index contributed by atoms with van der Waals surface area (Å²) in [7, 11) is -7.59. The van der Waals surface area contributed by atoms with Gasteiger partial charge < -0.3 is 18.8 Å². The van der Waals surface area contributed by atoms with E-state index in [4.69, 9.17) is 18.8 Å². The highest BCUT2D eigenvalue weighted by molar-refractivity contribution is 7.58. The third kappa shape index (κ3) is 8.84. The van der Waals surface area contributed by atoms with E-state index in [9.17, 15) is 9.13 Å². The molecule has 0 aliphatic carbocycles. The molecule has 0 aliphatic rings. The third-order valence-corrected chi connectivity index (χ3v) is 6.61. The second-order valence-electron chi connectivity index (χ2n) is 7.40. The van der Waals surface area contributed by atoms with Crippen molar-refractivity contribution in [2.45, 2.75) is 0 Å². The van der Waals surface area contributed by atoms with Crippen molar-refractivity contribution in [2.75, 3.05) is 0 Å². The van der Waals surface area contributed by atoms with E-state index in [0.717, 1.165) is 16.9 Å². The van der Waals surface area contributed by atoms with Crippen LogP contribution in [-0.2, 0) is 9.13 Å². The fourth-order valence-electron chi connectivity index (χ4n) is 3.07. The first-order valence-electron chi connectivity index (χ1n) is 10.9. The van der Waals surface area contributed by atoms with Crippen LogP contribution in [0, 0.1) is 0 Å². The molecule has 36 heavy (non-hydrogen) atoms. The molecule has 0 fully saturated rings. The van der Waals surface area contributed by atoms with E-state index < -0.39 is 15.2 Å². The highest BCUT2D eigenvalue weighted by Gasteiger charge is 2.23. The van der Waals surface area contributed by atoms with Gasteiger partial charge in [-0.2, -0.15) is 0 Å². The van der Waals surface area contributed by atoms with Crippen LogP contribution in [0.5, 0.6) is 11.5 Å². The van der Waals surface area contributed by atoms with Gasteiger partial charge in [-0.15, -0.1) is 0 Å². The van der Waals surface area contributed by atoms with Crippen molar-refractivity contribution in [3.8, 4) is 11.5 Å². The Kier molecular flexibility index (Phi) is 9.63. The Bertz CT molecular complexity index is 1270. The van der Waals surface area contributed by atoms with Gasteiger partial charge in [0.15, 0.2) is 0 Å². The molecule has 0 heterocycles. The van der Waals surface area contributed by atoms with Crippen LogP contribution in [-0.4, -0.2) is 9.79 Å². The number of hydrogen-bond acceptors (Lipinski definition) is 4. The van der Waals surface area contributed by atoms with Gasteiger partial charge in [0.25, 0.3) is 0 Å². The molecule has 4 rings (SSSR count). The van der Waals surface area contributed by atoms with Gasteiger partial charge in [-0.05, 0) is 41.0 Å². The standard InChI is InChI=1S/2C14H13O3P/c15-18(16,17)11-14(12-7-3-1-4-8-12)13-9-5-2-6-10-13;1-2-18(15,16-13-9-5-3-6-10-13)17-14-11-7-4-8-12-14/h1-11H,(H2,15,16,17);2-12H,1H2. The van der Waals surface area contributed by atoms with Crippen LogP contribution in [0.4, 0.5) is 0 Å². The van der Waals surface area contributed by atoms with E-state index in [1.807, 2.05) is 72.8 Å². The van der Waals surface area contributed by atoms with Gasteiger partial charge in [0.05, 0.1) is 0 Å². The minimum absolute atomic E-state index is 0.483. The third-order valence-electron chi connectivity index (χ3n) is 4.64. The highest BCUT2D eigenvalue weighted by atomic mass is 31.2. The monoisotopic (exact) mass is 520 g/mol. The molecule has 6 nitrogen and oxygen atoms in total. The van der Waals surface area contributed by atoms with Crippen molar-refractivity contribution < 1.29 is 28.0 Å². The summed E-state index contributed by atoms with van der Waals surface area (Å²) in [6, 6.07) is 36.1. The molecule has 0 amide bonds. The Balaban J connectivity index is 0.000000201. The molecule has 2 N–H and O–H groups in total. The zero-order valence-corrected chi connectivity index (χ0v) is 21.1. The van der Waals surface area contributed by atoms with E-state index in [-0.39, 0.29) is 0 Å². The average molecular weight is 520 g/mol. The normalized spacial score (nSPS) is 10.8. The number of hydrogen-bond donors (Lipinski definition) is 2. The molecular weight excluding hydrogens is 494 g/mol. The molecule has 0 saturated carbocycles. The Morgan fingerprint density at radius 2 is 0.944 bits per heavy atom. The molecule has 0 saturated heterocycles. The van der Waals surface area contributed by atoms with E-state index in [2.05, 4.69) is 6.58 Å². The maximum atomic E-state index is 12.4. The molecule has 0 aromatic heterocycles. The molecule has 0 bridgehead atoms. The zero-order chi connectivity index (χ0) is 25.9. The summed E-state index contributed by atoms with van der Waals surface area (Å²) < 4.78 is 34.3. The Morgan fingerprint density at radius 3 is 1.25 bits per heavy atom. The Morgan fingerprint density at radius 1 is 0.611 bits per heavy atom. The minimum atomic E-state index is -4.21. The van der Waals surface area contributed by atoms with Gasteiger partial charge in [-0.1, -0.05) is 104 Å². The first-order valence-corrected chi connectivity index (χ1v) is 14.2. The SMILES string of the molecule is C=CP(=O)(Oc1ccccc1)Oc1ccccc1.O=P(O)(O)C=C(c1ccccc1)c1ccccc1. The number of rotatable bonds is 8. The lowest BCUT2D eigenvalue weighted by Crippen LogP contribution is -1.97. The fourth-order valence-corrected chi connectivity index (χ4v) is 4.72. The molecule has 4 aromatic rings. The quantitative estimate of drug-likeness (QED) is 0.231. The lowest BCUT2D eigenvalue weighted by atomic mass is 10.00. The smallest absolute Gasteiger partial charge is 0.413 e. The van der Waals surface area contributed by atoms with Crippen LogP contribution in [0.1, 0.15) is 11.1 Å². The molecule has 0 unspecified atom stereocenters. The lowest BCUT2D eigenvalue weighted by Gasteiger charge is -2.16. The van der Waals surface area contributed by atoms with Crippen LogP contribution in [0.2, 0.25) is 0 Å². The summed E-state index contributed by atoms with van der Waals surface area (Å²) in [6.45, 7) is 3.51. The predicted molar refractivity (Wildman–Crippen MR) is 144 cm³/mol. The van der Waals surface area contributed by atoms with Crippen molar-refractivity contribution in [3.05, 3.63) is 151 Å². The summed E-state index contributed by atoms with van der Waals surface area (Å²) in [5, 5.41) is 0. The van der Waals surface area contributed by atoms with E-state index >= 15 is 0 Å². The first-order chi connectivity index (χ1) is 17.3. The molecule has 4 aromatic carbocycles. The fraction of sp³-hybridized carbons (Fsp3) is 0. The van der Waals surface area contributed by atoms with Crippen LogP contribution >= 0.6 is 15.2 Å². The highest BCUT2D eigenvalue weighted by Crippen LogP contribution is 2.49. The van der Waals surface area contributed by atoms with E-state index in [1.54, 1.807) is 48.5 Å². The van der Waals surface area contributed by atoms with Crippen LogP contribution in [0.3, 0.4) is 0 Å². The summed E-state index contributed by atoms with van der Waals surface area (Å²) in [6.07, 6.45) is 0. The molecule has 184 valence electrons. The Hall–Kier alpha value is -3.66. The lowest BCUT2D eigenvalue weighted by molar-refractivity contribution is 0.386. The van der Waals surface area contributed by atoms with Gasteiger partial charge in [0.1, 0.15) is 11.5 Å². The van der Waals surface area contributed by atoms with Gasteiger partial charge in [-0.3, -0.25) is 4.57 Å². The first kappa shape index (κ1) is 26.9. The number of para-hydroxylation sites is 2. The second-order valence-corrected chi connectivity index (χ2v) is 10.6. The summed E-state index contributed by atoms with van der Waals surface area (Å²) in [5.74, 6) is 3.18. The largest absolute Gasteiger partial charge is 0.455 e. The van der Waals surface area contributed by atoms with Crippen LogP contribution in [0.25, 0.3) is 5.57 Å². The molecule has 8 heteroatoms. The Labute approximate surface area is 210 Å². The van der Waals surface area contributed by atoms with Gasteiger partial charge in [0, 0.05) is 11.6 Å². The topological polar surface area (TPSA) is 93.1 Å². The van der Waals surface area contributed by atoms with Gasteiger partial charge >= 0.3 is 15.2 Å². The van der Waals surface area contributed by atoms with Gasteiger partial charge in [0.2, 0.25) is 0 Å². The summed E-state index contributed by atoms with van der Waals surface area (Å²) in [4.78, 5) is 18.3. The van der Waals surface area contributed by atoms with Gasteiger partial charge in [-0.25, -0.2) is 4.57 Å². The van der Waals surface area contributed by atoms with Crippen molar-refractivity contribution in [1.82, 2.24) is 0 Å². The average Bonchev–Trinajstić information content (AvgIpc) is 2.89. The zero-order valence-electron chi connectivity index (χ0n) is 19.3. The summed E-state index contributed by atoms with van der Waals surface area (Å²) >= 11 is 0. The van der Waals surface area contributed by atoms with E-state index in [1.165, 1.54) is 5.82 Å². The molecule has 0 spiro atoms. The van der Waals surface area contributed by atoms with Crippen LogP contribution < -0.4 is 9.05 Å². The summed E-state index contributed by atoms with van der Waals surface area (Å²) in [5.41, 5.74) is 2.11. The molecule has 0 radical (unpaired) electrons. The predicted octanol–water partition coefficient (Wildman–Crippen LogP) is 7.73. The molecular formula is C28H26O6P2. The molecule has 0 atom stereocenters. The van der Waals surface area contributed by atoms with Crippen molar-refractivity contribution in [2.24, 2.45) is 0 Å². The molecule has 0 aliphatic heterocycles. The van der Waals surface area contributed by atoms with Crippen molar-refractivity contribution >= 4 is 20.8 Å². The minimum Gasteiger partial charge on any atom is -0.413 e.